The molecular formula is C25H23N3O3S. The van der Waals surface area contributed by atoms with E-state index in [2.05, 4.69) is 10.6 Å². The van der Waals surface area contributed by atoms with Crippen molar-refractivity contribution in [3.05, 3.63) is 77.9 Å². The van der Waals surface area contributed by atoms with Crippen LogP contribution < -0.4 is 10.6 Å². The van der Waals surface area contributed by atoms with E-state index >= 15 is 0 Å². The molecule has 162 valence electrons. The number of nitrogens with zero attached hydrogens (tertiary/aromatic N) is 1. The van der Waals surface area contributed by atoms with E-state index in [4.69, 9.17) is 0 Å². The van der Waals surface area contributed by atoms with Gasteiger partial charge in [0.25, 0.3) is 5.91 Å². The largest absolute Gasteiger partial charge is 0.348 e. The van der Waals surface area contributed by atoms with E-state index in [1.807, 2.05) is 66.7 Å². The van der Waals surface area contributed by atoms with E-state index in [9.17, 15) is 14.4 Å². The Bertz CT molecular complexity index is 1240. The molecule has 2 aliphatic heterocycles. The normalized spacial score (nSPS) is 22.5. The average Bonchev–Trinajstić information content (AvgIpc) is 3.03. The minimum Gasteiger partial charge on any atom is -0.348 e. The predicted molar refractivity (Wildman–Crippen MR) is 124 cm³/mol. The number of benzene rings is 3. The van der Waals surface area contributed by atoms with Crippen molar-refractivity contribution < 1.29 is 14.4 Å². The zero-order chi connectivity index (χ0) is 22.3. The van der Waals surface area contributed by atoms with Crippen LogP contribution >= 0.6 is 11.8 Å². The number of thioether (sulfide) groups is 1. The summed E-state index contributed by atoms with van der Waals surface area (Å²) in [5.74, 6) is 0.140. The monoisotopic (exact) mass is 445 g/mol. The second kappa shape index (κ2) is 7.98. The minimum absolute atomic E-state index is 0.118. The van der Waals surface area contributed by atoms with E-state index in [-0.39, 0.29) is 18.5 Å². The molecule has 1 saturated heterocycles. The van der Waals surface area contributed by atoms with Gasteiger partial charge in [-0.2, -0.15) is 0 Å². The van der Waals surface area contributed by atoms with Gasteiger partial charge in [-0.05, 0) is 47.4 Å². The molecule has 2 N–H and O–H groups in total. The number of carbonyl (C=O) groups excluding carboxylic acids is 3. The van der Waals surface area contributed by atoms with Crippen LogP contribution in [0.15, 0.2) is 71.6 Å². The lowest BCUT2D eigenvalue weighted by atomic mass is 9.90. The molecule has 0 bridgehead atoms. The van der Waals surface area contributed by atoms with E-state index in [1.165, 1.54) is 0 Å². The summed E-state index contributed by atoms with van der Waals surface area (Å²) in [4.78, 5) is 40.9. The van der Waals surface area contributed by atoms with Crippen molar-refractivity contribution in [3.63, 3.8) is 0 Å². The van der Waals surface area contributed by atoms with Gasteiger partial charge in [-0.15, -0.1) is 11.8 Å². The number of carbonyl (C=O) groups is 3. The molecule has 1 fully saturated rings. The quantitative estimate of drug-likeness (QED) is 0.596. The Morgan fingerprint density at radius 2 is 1.84 bits per heavy atom. The van der Waals surface area contributed by atoms with Gasteiger partial charge in [-0.1, -0.05) is 54.6 Å². The summed E-state index contributed by atoms with van der Waals surface area (Å²) >= 11 is 1.77. The lowest BCUT2D eigenvalue weighted by Crippen LogP contribution is -2.44. The van der Waals surface area contributed by atoms with Crippen LogP contribution in [0, 0.1) is 0 Å². The van der Waals surface area contributed by atoms with E-state index in [0.717, 1.165) is 38.3 Å². The topological polar surface area (TPSA) is 78.5 Å². The van der Waals surface area contributed by atoms with Crippen molar-refractivity contribution in [2.24, 2.45) is 0 Å². The summed E-state index contributed by atoms with van der Waals surface area (Å²) in [6.45, 7) is 1.38. The Hall–Kier alpha value is -3.32. The highest BCUT2D eigenvalue weighted by Gasteiger charge is 2.49. The summed E-state index contributed by atoms with van der Waals surface area (Å²) in [6, 6.07) is 20.9. The van der Waals surface area contributed by atoms with Gasteiger partial charge in [0.05, 0.1) is 6.04 Å². The number of urea groups is 1. The first-order chi connectivity index (χ1) is 15.5. The summed E-state index contributed by atoms with van der Waals surface area (Å²) in [5, 5.41) is 7.84. The molecule has 2 atom stereocenters. The lowest BCUT2D eigenvalue weighted by molar-refractivity contribution is -0.135. The van der Waals surface area contributed by atoms with Crippen LogP contribution in [-0.4, -0.2) is 35.0 Å². The maximum absolute atomic E-state index is 13.3. The Kier molecular flexibility index (Phi) is 5.13. The molecule has 0 saturated carbocycles. The first-order valence-corrected chi connectivity index (χ1v) is 11.6. The second-order valence-electron chi connectivity index (χ2n) is 8.30. The number of rotatable bonds is 4. The maximum Gasteiger partial charge on any atom is 0.325 e. The molecule has 4 amide bonds. The van der Waals surface area contributed by atoms with Crippen molar-refractivity contribution >= 4 is 40.4 Å². The highest BCUT2D eigenvalue weighted by molar-refractivity contribution is 7.99. The van der Waals surface area contributed by atoms with Gasteiger partial charge in [0.1, 0.15) is 12.1 Å². The van der Waals surface area contributed by atoms with E-state index in [0.29, 0.717) is 5.56 Å². The number of imide groups is 1. The fourth-order valence-corrected chi connectivity index (χ4v) is 5.54. The van der Waals surface area contributed by atoms with Gasteiger partial charge < -0.3 is 10.6 Å². The first-order valence-electron chi connectivity index (χ1n) is 10.6. The molecule has 2 heterocycles. The highest BCUT2D eigenvalue weighted by Crippen LogP contribution is 2.36. The third kappa shape index (κ3) is 3.52. The van der Waals surface area contributed by atoms with Gasteiger partial charge in [0.2, 0.25) is 5.91 Å². The minimum atomic E-state index is -1.21. The Morgan fingerprint density at radius 3 is 2.69 bits per heavy atom. The van der Waals surface area contributed by atoms with Gasteiger partial charge >= 0.3 is 6.03 Å². The summed E-state index contributed by atoms with van der Waals surface area (Å²) < 4.78 is 0. The Morgan fingerprint density at radius 1 is 1.09 bits per heavy atom. The fraction of sp³-hybridized carbons (Fsp3) is 0.240. The zero-order valence-corrected chi connectivity index (χ0v) is 18.4. The van der Waals surface area contributed by atoms with Crippen molar-refractivity contribution in [3.8, 4) is 0 Å². The van der Waals surface area contributed by atoms with Crippen LogP contribution in [0.4, 0.5) is 4.79 Å². The molecule has 6 nitrogen and oxygen atoms in total. The van der Waals surface area contributed by atoms with Crippen molar-refractivity contribution in [2.75, 3.05) is 12.3 Å². The van der Waals surface area contributed by atoms with Gasteiger partial charge in [0, 0.05) is 10.6 Å². The fourth-order valence-electron chi connectivity index (χ4n) is 4.41. The van der Waals surface area contributed by atoms with Crippen LogP contribution in [0.25, 0.3) is 10.8 Å². The molecule has 0 aromatic heterocycles. The molecule has 0 aliphatic carbocycles. The zero-order valence-electron chi connectivity index (χ0n) is 17.6. The van der Waals surface area contributed by atoms with Crippen LogP contribution in [0.5, 0.6) is 0 Å². The molecule has 3 aromatic rings. The van der Waals surface area contributed by atoms with Crippen molar-refractivity contribution in [1.29, 1.82) is 0 Å². The van der Waals surface area contributed by atoms with Crippen LogP contribution in [0.3, 0.4) is 0 Å². The molecule has 7 heteroatoms. The smallest absolute Gasteiger partial charge is 0.325 e. The summed E-state index contributed by atoms with van der Waals surface area (Å²) in [5.41, 5.74) is 0.557. The van der Waals surface area contributed by atoms with Gasteiger partial charge in [0.15, 0.2) is 0 Å². The average molecular weight is 446 g/mol. The number of hydrogen-bond acceptors (Lipinski definition) is 4. The van der Waals surface area contributed by atoms with Crippen molar-refractivity contribution in [1.82, 2.24) is 15.5 Å². The van der Waals surface area contributed by atoms with E-state index < -0.39 is 17.5 Å². The molecule has 32 heavy (non-hydrogen) atoms. The SMILES string of the molecule is C[C@@]1(c2ccc3ccccc3c2)NC(=O)N(CC(=O)N[C@H]2CCSc3ccccc32)C1=O. The summed E-state index contributed by atoms with van der Waals surface area (Å²) in [6.07, 6.45) is 0.808. The number of fused-ring (bicyclic) bond motifs is 2. The number of nitrogens with one attached hydrogen (secondary N) is 2. The summed E-state index contributed by atoms with van der Waals surface area (Å²) in [7, 11) is 0. The molecule has 0 unspecified atom stereocenters. The maximum atomic E-state index is 13.3. The van der Waals surface area contributed by atoms with E-state index in [1.54, 1.807) is 18.7 Å². The number of amides is 4. The number of hydrogen-bond donors (Lipinski definition) is 2. The highest BCUT2D eigenvalue weighted by atomic mass is 32.2. The molecular weight excluding hydrogens is 422 g/mol. The standard InChI is InChI=1S/C25H23N3O3S/c1-25(18-11-10-16-6-2-3-7-17(16)14-18)23(30)28(24(31)27-25)15-22(29)26-20-12-13-32-21-9-5-4-8-19(20)21/h2-11,14,20H,12-13,15H2,1H3,(H,26,29)(H,27,31)/t20-,25-/m0/s1. The third-order valence-electron chi connectivity index (χ3n) is 6.20. The van der Waals surface area contributed by atoms with Crippen LogP contribution in [0.1, 0.15) is 30.5 Å². The van der Waals surface area contributed by atoms with Gasteiger partial charge in [-0.25, -0.2) is 4.79 Å². The predicted octanol–water partition coefficient (Wildman–Crippen LogP) is 3.96. The van der Waals surface area contributed by atoms with Crippen LogP contribution in [-0.2, 0) is 15.1 Å². The van der Waals surface area contributed by atoms with Gasteiger partial charge in [-0.3, -0.25) is 14.5 Å². The molecule has 2 aliphatic rings. The molecule has 0 radical (unpaired) electrons. The lowest BCUT2D eigenvalue weighted by Gasteiger charge is -2.26. The third-order valence-corrected chi connectivity index (χ3v) is 7.32. The Balaban J connectivity index is 1.33. The molecule has 3 aromatic carbocycles. The Labute approximate surface area is 190 Å². The van der Waals surface area contributed by atoms with Crippen molar-refractivity contribution in [2.45, 2.75) is 29.8 Å². The van der Waals surface area contributed by atoms with Crippen LogP contribution in [0.2, 0.25) is 0 Å². The molecule has 0 spiro atoms. The first kappa shape index (κ1) is 20.6. The molecule has 5 rings (SSSR count). The second-order valence-corrected chi connectivity index (χ2v) is 9.44.